The fraction of sp³-hybridized carbons (Fsp3) is 0. The molecule has 12 rings (SSSR count). The lowest BCUT2D eigenvalue weighted by molar-refractivity contribution is 1.14. The summed E-state index contributed by atoms with van der Waals surface area (Å²) in [6, 6.07) is 68.1. The minimum Gasteiger partial charge on any atom is -0.308 e. The van der Waals surface area contributed by atoms with Crippen LogP contribution in [0.4, 0.5) is 34.1 Å². The van der Waals surface area contributed by atoms with Gasteiger partial charge in [0, 0.05) is 33.9 Å². The molecule has 0 amide bonds. The van der Waals surface area contributed by atoms with Crippen LogP contribution in [0.15, 0.2) is 219 Å². The third-order valence-electron chi connectivity index (χ3n) is 11.9. The molecule has 0 aliphatic heterocycles. The Morgan fingerprint density at radius 2 is 0.629 bits per heavy atom. The van der Waals surface area contributed by atoms with Crippen molar-refractivity contribution in [2.24, 2.45) is 0 Å². The van der Waals surface area contributed by atoms with Crippen LogP contribution in [0.3, 0.4) is 0 Å². The fourth-order valence-corrected chi connectivity index (χ4v) is 9.06. The van der Waals surface area contributed by atoms with Gasteiger partial charge in [-0.15, -0.1) is 0 Å². The highest BCUT2D eigenvalue weighted by Gasteiger charge is 2.21. The van der Waals surface area contributed by atoms with Crippen LogP contribution in [-0.2, 0) is 0 Å². The van der Waals surface area contributed by atoms with E-state index in [1.807, 2.05) is 36.9 Å². The summed E-state index contributed by atoms with van der Waals surface area (Å²) in [5.74, 6) is 1.35. The number of aromatic nitrogens is 4. The van der Waals surface area contributed by atoms with E-state index in [-0.39, 0.29) is 0 Å². The Kier molecular flexibility index (Phi) is 8.38. The predicted octanol–water partition coefficient (Wildman–Crippen LogP) is 14.7. The van der Waals surface area contributed by atoms with Gasteiger partial charge in [0.25, 0.3) is 0 Å². The van der Waals surface area contributed by atoms with Crippen LogP contribution in [0.2, 0.25) is 0 Å². The second kappa shape index (κ2) is 14.7. The molecule has 62 heavy (non-hydrogen) atoms. The third-order valence-corrected chi connectivity index (χ3v) is 11.9. The molecule has 0 atom stereocenters. The molecule has 0 saturated carbocycles. The highest BCUT2D eigenvalue weighted by Crippen LogP contribution is 2.44. The van der Waals surface area contributed by atoms with Gasteiger partial charge in [0.2, 0.25) is 0 Å². The molecule has 0 saturated heterocycles. The summed E-state index contributed by atoms with van der Waals surface area (Å²) in [7, 11) is 0. The molecule has 290 valence electrons. The zero-order valence-corrected chi connectivity index (χ0v) is 33.5. The van der Waals surface area contributed by atoms with Gasteiger partial charge in [0.1, 0.15) is 0 Å². The van der Waals surface area contributed by atoms with Crippen molar-refractivity contribution in [3.05, 3.63) is 219 Å². The summed E-state index contributed by atoms with van der Waals surface area (Å²) < 4.78 is 0. The second-order valence-electron chi connectivity index (χ2n) is 15.6. The van der Waals surface area contributed by atoms with Gasteiger partial charge in [-0.2, -0.15) is 0 Å². The third kappa shape index (κ3) is 6.04. The minimum atomic E-state index is 0.674. The molecule has 0 radical (unpaired) electrons. The normalized spacial score (nSPS) is 11.5. The molecule has 2 heterocycles. The number of para-hydroxylation sites is 2. The molecule has 0 spiro atoms. The molecular weight excluding hydrogens is 757 g/mol. The van der Waals surface area contributed by atoms with Gasteiger partial charge in [-0.25, -0.2) is 19.9 Å². The Hall–Kier alpha value is -8.48. The first-order valence-corrected chi connectivity index (χ1v) is 20.8. The molecule has 0 bridgehead atoms. The highest BCUT2D eigenvalue weighted by molar-refractivity contribution is 6.28. The van der Waals surface area contributed by atoms with Crippen molar-refractivity contribution < 1.29 is 0 Å². The van der Waals surface area contributed by atoms with E-state index < -0.39 is 0 Å². The molecular formula is C56H36N6. The average molecular weight is 793 g/mol. The lowest BCUT2D eigenvalue weighted by atomic mass is 9.88. The Labute approximate surface area is 358 Å². The van der Waals surface area contributed by atoms with Gasteiger partial charge >= 0.3 is 0 Å². The van der Waals surface area contributed by atoms with E-state index in [2.05, 4.69) is 192 Å². The van der Waals surface area contributed by atoms with Crippen molar-refractivity contribution in [2.45, 2.75) is 0 Å². The predicted molar refractivity (Wildman–Crippen MR) is 257 cm³/mol. The Bertz CT molecular complexity index is 3330. The van der Waals surface area contributed by atoms with Crippen LogP contribution in [0.1, 0.15) is 0 Å². The number of hydrogen-bond acceptors (Lipinski definition) is 6. The van der Waals surface area contributed by atoms with Crippen molar-refractivity contribution in [3.8, 4) is 22.8 Å². The average Bonchev–Trinajstić information content (AvgIpc) is 3.34. The van der Waals surface area contributed by atoms with Gasteiger partial charge in [-0.1, -0.05) is 133 Å². The first-order valence-electron chi connectivity index (χ1n) is 20.8. The minimum absolute atomic E-state index is 0.674. The van der Waals surface area contributed by atoms with Gasteiger partial charge in [-0.05, 0) is 115 Å². The monoisotopic (exact) mass is 792 g/mol. The lowest BCUT2D eigenvalue weighted by Gasteiger charge is -2.25. The summed E-state index contributed by atoms with van der Waals surface area (Å²) in [4.78, 5) is 24.7. The molecule has 10 aromatic carbocycles. The van der Waals surface area contributed by atoms with Crippen LogP contribution < -0.4 is 9.80 Å². The first kappa shape index (κ1) is 35.5. The molecule has 6 heteroatoms. The SMILES string of the molecule is c1ccc(N(c2cnc(-c3cc4cccc5c(-c6ncc(N(c7ccccc7)c7ccc8ccccc8c7)cn6)cc6cccc3c6c45)nc2)c2ccc3ccccc3c2)cc1. The van der Waals surface area contributed by atoms with E-state index in [0.717, 1.165) is 66.8 Å². The Morgan fingerprint density at radius 1 is 0.258 bits per heavy atom. The highest BCUT2D eigenvalue weighted by atomic mass is 15.2. The second-order valence-corrected chi connectivity index (χ2v) is 15.6. The van der Waals surface area contributed by atoms with Gasteiger partial charge in [-0.3, -0.25) is 0 Å². The topological polar surface area (TPSA) is 58.0 Å². The molecule has 0 unspecified atom stereocenters. The van der Waals surface area contributed by atoms with Crippen LogP contribution >= 0.6 is 0 Å². The van der Waals surface area contributed by atoms with Crippen molar-refractivity contribution in [1.29, 1.82) is 0 Å². The fourth-order valence-electron chi connectivity index (χ4n) is 9.06. The molecule has 2 aromatic heterocycles. The molecule has 0 aliphatic rings. The smallest absolute Gasteiger partial charge is 0.159 e. The van der Waals surface area contributed by atoms with Crippen LogP contribution in [0.25, 0.3) is 76.6 Å². The van der Waals surface area contributed by atoms with Crippen LogP contribution in [-0.4, -0.2) is 19.9 Å². The Morgan fingerprint density at radius 3 is 1.05 bits per heavy atom. The quantitative estimate of drug-likeness (QED) is 0.143. The summed E-state index contributed by atoms with van der Waals surface area (Å²) in [5, 5.41) is 11.5. The number of rotatable bonds is 8. The van der Waals surface area contributed by atoms with Crippen molar-refractivity contribution in [3.63, 3.8) is 0 Å². The summed E-state index contributed by atoms with van der Waals surface area (Å²) in [6.07, 6.45) is 7.74. The van der Waals surface area contributed by atoms with E-state index in [9.17, 15) is 0 Å². The van der Waals surface area contributed by atoms with Gasteiger partial charge < -0.3 is 9.80 Å². The maximum Gasteiger partial charge on any atom is 0.159 e. The lowest BCUT2D eigenvalue weighted by Crippen LogP contribution is -2.11. The number of benzene rings is 10. The Balaban J connectivity index is 0.935. The largest absolute Gasteiger partial charge is 0.308 e. The van der Waals surface area contributed by atoms with Crippen LogP contribution in [0.5, 0.6) is 0 Å². The van der Waals surface area contributed by atoms with Crippen molar-refractivity contribution in [2.75, 3.05) is 9.80 Å². The zero-order valence-electron chi connectivity index (χ0n) is 33.5. The van der Waals surface area contributed by atoms with Crippen molar-refractivity contribution in [1.82, 2.24) is 19.9 Å². The van der Waals surface area contributed by atoms with Gasteiger partial charge in [0.05, 0.1) is 36.2 Å². The number of hydrogen-bond donors (Lipinski definition) is 0. The number of fused-ring (bicyclic) bond motifs is 2. The first-order chi connectivity index (χ1) is 30.7. The van der Waals surface area contributed by atoms with Gasteiger partial charge in [0.15, 0.2) is 11.6 Å². The number of anilines is 6. The van der Waals surface area contributed by atoms with E-state index in [1.54, 1.807) is 0 Å². The summed E-state index contributed by atoms with van der Waals surface area (Å²) >= 11 is 0. The number of nitrogens with zero attached hydrogens (tertiary/aromatic N) is 6. The maximum atomic E-state index is 5.06. The maximum absolute atomic E-state index is 5.06. The van der Waals surface area contributed by atoms with E-state index in [4.69, 9.17) is 19.9 Å². The standard InChI is InChI=1S/C56H36N6/c1-3-19-43(20-4-1)61(45-27-25-37-13-7-9-15-39(37)29-45)47-33-57-55(58-34-47)51-31-41-17-12-24-50-52(32-42-18-11-23-49(51)53(42)54(41)50)56-59-35-48(36-60-56)62(44-21-5-2-6-22-44)46-28-26-38-14-8-10-16-40(38)30-46/h1-36H. The zero-order chi connectivity index (χ0) is 41.0. The van der Waals surface area contributed by atoms with Crippen molar-refractivity contribution >= 4 is 88.0 Å². The van der Waals surface area contributed by atoms with E-state index >= 15 is 0 Å². The van der Waals surface area contributed by atoms with Crippen LogP contribution in [0, 0.1) is 0 Å². The summed E-state index contributed by atoms with van der Waals surface area (Å²) in [6.45, 7) is 0. The molecule has 12 aromatic rings. The van der Waals surface area contributed by atoms with E-state index in [0.29, 0.717) is 11.6 Å². The summed E-state index contributed by atoms with van der Waals surface area (Å²) in [5.41, 5.74) is 7.90. The molecule has 6 nitrogen and oxygen atoms in total. The molecule has 0 aliphatic carbocycles. The van der Waals surface area contributed by atoms with E-state index in [1.165, 1.54) is 32.3 Å². The molecule has 0 N–H and O–H groups in total. The molecule has 0 fully saturated rings.